The number of benzene rings is 1. The van der Waals surface area contributed by atoms with Gasteiger partial charge >= 0.3 is 0 Å². The average Bonchev–Trinajstić information content (AvgIpc) is 2.30. The predicted octanol–water partition coefficient (Wildman–Crippen LogP) is 3.90. The Balaban J connectivity index is 2.10. The van der Waals surface area contributed by atoms with E-state index in [9.17, 15) is 4.39 Å². The zero-order valence-corrected chi connectivity index (χ0v) is 11.0. The molecule has 0 radical (unpaired) electrons. The van der Waals surface area contributed by atoms with Crippen LogP contribution in [0.4, 0.5) is 10.2 Å². The molecule has 1 aromatic carbocycles. The van der Waals surface area contributed by atoms with Gasteiger partial charge < -0.3 is 5.32 Å². The normalized spacial score (nSPS) is 10.3. The molecule has 1 heterocycles. The van der Waals surface area contributed by atoms with Crippen molar-refractivity contribution in [1.29, 1.82) is 0 Å². The van der Waals surface area contributed by atoms with Gasteiger partial charge in [-0.05, 0) is 40.5 Å². The van der Waals surface area contributed by atoms with Crippen LogP contribution in [0.25, 0.3) is 0 Å². The molecule has 0 saturated carbocycles. The quantitative estimate of drug-likeness (QED) is 0.928. The molecule has 0 aliphatic heterocycles. The highest BCUT2D eigenvalue weighted by Gasteiger charge is 2.03. The van der Waals surface area contributed by atoms with Crippen LogP contribution in [0.15, 0.2) is 41.0 Å². The maximum Gasteiger partial charge on any atom is 0.129 e. The van der Waals surface area contributed by atoms with Gasteiger partial charge in [0, 0.05) is 22.8 Å². The molecule has 0 unspecified atom stereocenters. The number of nitrogens with one attached hydrogen (secondary N) is 1. The molecular weight excluding hydrogens is 283 g/mol. The fourth-order valence-corrected chi connectivity index (χ4v) is 1.99. The van der Waals surface area contributed by atoms with Crippen LogP contribution in [-0.4, -0.2) is 4.98 Å². The average molecular weight is 295 g/mol. The lowest BCUT2D eigenvalue weighted by Gasteiger charge is -2.09. The second kappa shape index (κ2) is 5.27. The van der Waals surface area contributed by atoms with Gasteiger partial charge in [0.1, 0.15) is 11.6 Å². The third-order valence-corrected chi connectivity index (χ3v) is 2.88. The van der Waals surface area contributed by atoms with Crippen molar-refractivity contribution in [2.45, 2.75) is 13.5 Å². The van der Waals surface area contributed by atoms with Crippen molar-refractivity contribution in [2.24, 2.45) is 0 Å². The minimum Gasteiger partial charge on any atom is -0.366 e. The minimum absolute atomic E-state index is 0.199. The lowest BCUT2D eigenvalue weighted by Crippen LogP contribution is -2.04. The number of anilines is 1. The van der Waals surface area contributed by atoms with E-state index in [2.05, 4.69) is 26.2 Å². The van der Waals surface area contributed by atoms with E-state index in [0.29, 0.717) is 12.1 Å². The first kappa shape index (κ1) is 12.0. The largest absolute Gasteiger partial charge is 0.366 e. The molecule has 0 fully saturated rings. The van der Waals surface area contributed by atoms with E-state index in [1.54, 1.807) is 18.3 Å². The molecule has 0 aliphatic carbocycles. The summed E-state index contributed by atoms with van der Waals surface area (Å²) in [4.78, 5) is 4.24. The van der Waals surface area contributed by atoms with Crippen molar-refractivity contribution in [1.82, 2.24) is 4.98 Å². The van der Waals surface area contributed by atoms with E-state index < -0.39 is 0 Å². The third kappa shape index (κ3) is 3.03. The van der Waals surface area contributed by atoms with Crippen LogP contribution >= 0.6 is 15.9 Å². The molecule has 0 bridgehead atoms. The van der Waals surface area contributed by atoms with Crippen LogP contribution in [0.1, 0.15) is 11.1 Å². The summed E-state index contributed by atoms with van der Waals surface area (Å²) in [5.41, 5.74) is 1.66. The summed E-state index contributed by atoms with van der Waals surface area (Å²) in [6, 6.07) is 8.69. The summed E-state index contributed by atoms with van der Waals surface area (Å²) in [6.45, 7) is 2.39. The molecule has 0 spiro atoms. The van der Waals surface area contributed by atoms with Crippen molar-refractivity contribution in [2.75, 3.05) is 5.32 Å². The van der Waals surface area contributed by atoms with Gasteiger partial charge in [-0.3, -0.25) is 0 Å². The zero-order valence-electron chi connectivity index (χ0n) is 9.37. The molecule has 0 amide bonds. The van der Waals surface area contributed by atoms with Crippen LogP contribution in [0.2, 0.25) is 0 Å². The second-order valence-electron chi connectivity index (χ2n) is 3.76. The molecule has 2 nitrogen and oxygen atoms in total. The van der Waals surface area contributed by atoms with Crippen LogP contribution in [0.3, 0.4) is 0 Å². The highest BCUT2D eigenvalue weighted by molar-refractivity contribution is 9.10. The van der Waals surface area contributed by atoms with E-state index in [1.165, 1.54) is 6.07 Å². The standard InChI is InChI=1S/C13H12BrFN2/c1-9-6-11(14)8-17-13(9)16-7-10-4-2-3-5-12(10)15/h2-6,8H,7H2,1H3,(H,16,17). The van der Waals surface area contributed by atoms with E-state index in [0.717, 1.165) is 15.9 Å². The molecule has 17 heavy (non-hydrogen) atoms. The van der Waals surface area contributed by atoms with Crippen LogP contribution < -0.4 is 5.32 Å². The zero-order chi connectivity index (χ0) is 12.3. The van der Waals surface area contributed by atoms with Crippen molar-refractivity contribution in [3.8, 4) is 0 Å². The van der Waals surface area contributed by atoms with E-state index in [4.69, 9.17) is 0 Å². The molecule has 0 saturated heterocycles. The Kier molecular flexibility index (Phi) is 3.74. The van der Waals surface area contributed by atoms with Gasteiger partial charge in [-0.15, -0.1) is 0 Å². The highest BCUT2D eigenvalue weighted by Crippen LogP contribution is 2.17. The van der Waals surface area contributed by atoms with Gasteiger partial charge in [0.25, 0.3) is 0 Å². The lowest BCUT2D eigenvalue weighted by atomic mass is 10.2. The summed E-state index contributed by atoms with van der Waals surface area (Å²) >= 11 is 3.35. The van der Waals surface area contributed by atoms with Crippen molar-refractivity contribution < 1.29 is 4.39 Å². The molecular formula is C13H12BrFN2. The van der Waals surface area contributed by atoms with E-state index in [1.807, 2.05) is 19.1 Å². The smallest absolute Gasteiger partial charge is 0.129 e. The number of aryl methyl sites for hydroxylation is 1. The number of aromatic nitrogens is 1. The molecule has 0 atom stereocenters. The number of halogens is 2. The number of pyridine rings is 1. The summed E-state index contributed by atoms with van der Waals surface area (Å²) < 4.78 is 14.3. The molecule has 88 valence electrons. The van der Waals surface area contributed by atoms with Gasteiger partial charge in [0.15, 0.2) is 0 Å². The number of hydrogen-bond acceptors (Lipinski definition) is 2. The Morgan fingerprint density at radius 2 is 2.12 bits per heavy atom. The fraction of sp³-hybridized carbons (Fsp3) is 0.154. The highest BCUT2D eigenvalue weighted by atomic mass is 79.9. The van der Waals surface area contributed by atoms with Crippen LogP contribution in [0.5, 0.6) is 0 Å². The van der Waals surface area contributed by atoms with E-state index in [-0.39, 0.29) is 5.82 Å². The van der Waals surface area contributed by atoms with Crippen LogP contribution in [-0.2, 0) is 6.54 Å². The number of nitrogens with zero attached hydrogens (tertiary/aromatic N) is 1. The maximum absolute atomic E-state index is 13.4. The Labute approximate surface area is 108 Å². The Bertz CT molecular complexity index is 529. The Morgan fingerprint density at radius 1 is 1.35 bits per heavy atom. The maximum atomic E-state index is 13.4. The molecule has 2 rings (SSSR count). The minimum atomic E-state index is -0.199. The summed E-state index contributed by atoms with van der Waals surface area (Å²) in [5, 5.41) is 3.13. The molecule has 1 N–H and O–H groups in total. The Morgan fingerprint density at radius 3 is 2.82 bits per heavy atom. The summed E-state index contributed by atoms with van der Waals surface area (Å²) in [7, 11) is 0. The first-order valence-corrected chi connectivity index (χ1v) is 6.05. The Hall–Kier alpha value is -1.42. The first-order valence-electron chi connectivity index (χ1n) is 5.26. The molecule has 1 aromatic heterocycles. The molecule has 2 aromatic rings. The molecule has 4 heteroatoms. The van der Waals surface area contributed by atoms with E-state index >= 15 is 0 Å². The predicted molar refractivity (Wildman–Crippen MR) is 70.4 cm³/mol. The summed E-state index contributed by atoms with van der Waals surface area (Å²) in [5.74, 6) is 0.575. The number of rotatable bonds is 3. The molecule has 0 aliphatic rings. The number of hydrogen-bond donors (Lipinski definition) is 1. The topological polar surface area (TPSA) is 24.9 Å². The fourth-order valence-electron chi connectivity index (χ4n) is 1.55. The first-order chi connectivity index (χ1) is 8.16. The lowest BCUT2D eigenvalue weighted by molar-refractivity contribution is 0.613. The van der Waals surface area contributed by atoms with Gasteiger partial charge in [-0.25, -0.2) is 9.37 Å². The second-order valence-corrected chi connectivity index (χ2v) is 4.68. The van der Waals surface area contributed by atoms with Crippen molar-refractivity contribution in [3.63, 3.8) is 0 Å². The SMILES string of the molecule is Cc1cc(Br)cnc1NCc1ccccc1F. The summed E-state index contributed by atoms with van der Waals surface area (Å²) in [6.07, 6.45) is 1.72. The van der Waals surface area contributed by atoms with Gasteiger partial charge in [-0.1, -0.05) is 18.2 Å². The van der Waals surface area contributed by atoms with Crippen molar-refractivity contribution >= 4 is 21.7 Å². The van der Waals surface area contributed by atoms with Gasteiger partial charge in [0.2, 0.25) is 0 Å². The van der Waals surface area contributed by atoms with Gasteiger partial charge in [0.05, 0.1) is 0 Å². The monoisotopic (exact) mass is 294 g/mol. The van der Waals surface area contributed by atoms with Crippen molar-refractivity contribution in [3.05, 3.63) is 57.9 Å². The van der Waals surface area contributed by atoms with Crippen LogP contribution in [0, 0.1) is 12.7 Å². The van der Waals surface area contributed by atoms with Gasteiger partial charge in [-0.2, -0.15) is 0 Å². The third-order valence-electron chi connectivity index (χ3n) is 2.45.